The topological polar surface area (TPSA) is 78.7 Å². The average Bonchev–Trinajstić information content (AvgIpc) is 2.25. The van der Waals surface area contributed by atoms with Gasteiger partial charge in [0.2, 0.25) is 0 Å². The van der Waals surface area contributed by atoms with Crippen LogP contribution in [0.4, 0.5) is 0 Å². The molecule has 0 bridgehead atoms. The van der Waals surface area contributed by atoms with Gasteiger partial charge in [0.05, 0.1) is 12.1 Å². The van der Waals surface area contributed by atoms with E-state index in [1.807, 2.05) is 6.07 Å². The second-order valence-electron chi connectivity index (χ2n) is 2.60. The van der Waals surface area contributed by atoms with Crippen molar-refractivity contribution in [2.45, 2.75) is 0 Å². The molecular formula is C9H13N3O2. The van der Waals surface area contributed by atoms with Crippen LogP contribution < -0.4 is 11.0 Å². The summed E-state index contributed by atoms with van der Waals surface area (Å²) in [7, 11) is 0. The summed E-state index contributed by atoms with van der Waals surface area (Å²) >= 11 is 0. The van der Waals surface area contributed by atoms with Crippen molar-refractivity contribution in [3.63, 3.8) is 0 Å². The molecule has 0 fully saturated rings. The summed E-state index contributed by atoms with van der Waals surface area (Å²) < 4.78 is 4.93. The van der Waals surface area contributed by atoms with Gasteiger partial charge in [-0.2, -0.15) is 5.43 Å². The van der Waals surface area contributed by atoms with Crippen molar-refractivity contribution in [1.29, 1.82) is 0 Å². The molecule has 0 aliphatic heterocycles. The minimum absolute atomic E-state index is 0.267. The number of carbonyl (C=O) groups excluding carboxylic acids is 1. The number of benzene rings is 1. The molecule has 0 radical (unpaired) electrons. The smallest absolute Gasteiger partial charge is 0.338 e. The second-order valence-corrected chi connectivity index (χ2v) is 2.60. The predicted molar refractivity (Wildman–Crippen MR) is 51.0 cm³/mol. The Kier molecular flexibility index (Phi) is 4.63. The van der Waals surface area contributed by atoms with Gasteiger partial charge >= 0.3 is 5.97 Å². The molecule has 76 valence electrons. The number of hydrogen-bond acceptors (Lipinski definition) is 3. The van der Waals surface area contributed by atoms with Gasteiger partial charge in [0, 0.05) is 0 Å². The van der Waals surface area contributed by atoms with Crippen LogP contribution in [-0.2, 0) is 4.74 Å². The lowest BCUT2D eigenvalue weighted by Gasteiger charge is -2.05. The Labute approximate surface area is 82.2 Å². The average molecular weight is 195 g/mol. The number of hydrogen-bond donors (Lipinski definition) is 2. The van der Waals surface area contributed by atoms with Crippen molar-refractivity contribution in [2.75, 3.05) is 13.2 Å². The van der Waals surface area contributed by atoms with Gasteiger partial charge in [0.1, 0.15) is 6.61 Å². The zero-order valence-electron chi connectivity index (χ0n) is 7.69. The van der Waals surface area contributed by atoms with Gasteiger partial charge in [0.15, 0.2) is 0 Å². The van der Waals surface area contributed by atoms with Crippen LogP contribution in [-0.4, -0.2) is 19.1 Å². The highest BCUT2D eigenvalue weighted by atomic mass is 16.5. The van der Waals surface area contributed by atoms with Crippen LogP contribution in [0, 0.1) is 0 Å². The second kappa shape index (κ2) is 6.09. The molecule has 5 nitrogen and oxygen atoms in total. The minimum atomic E-state index is -0.336. The van der Waals surface area contributed by atoms with E-state index in [9.17, 15) is 4.79 Å². The molecule has 0 unspecified atom stereocenters. The van der Waals surface area contributed by atoms with E-state index in [1.165, 1.54) is 0 Å². The van der Waals surface area contributed by atoms with Crippen molar-refractivity contribution in [3.8, 4) is 0 Å². The summed E-state index contributed by atoms with van der Waals surface area (Å²) in [5, 5.41) is 0. The van der Waals surface area contributed by atoms with E-state index in [0.717, 1.165) is 5.53 Å². The van der Waals surface area contributed by atoms with Crippen LogP contribution >= 0.6 is 0 Å². The van der Waals surface area contributed by atoms with E-state index in [4.69, 9.17) is 10.6 Å². The summed E-state index contributed by atoms with van der Waals surface area (Å²) in [4.78, 5) is 11.3. The minimum Gasteiger partial charge on any atom is -0.461 e. The number of esters is 1. The Morgan fingerprint density at radius 3 is 2.79 bits per heavy atom. The van der Waals surface area contributed by atoms with Crippen molar-refractivity contribution >= 4 is 5.97 Å². The van der Waals surface area contributed by atoms with Crippen LogP contribution in [0.2, 0.25) is 0 Å². The van der Waals surface area contributed by atoms with Gasteiger partial charge in [-0.1, -0.05) is 18.2 Å². The first kappa shape index (κ1) is 10.6. The van der Waals surface area contributed by atoms with Crippen LogP contribution in [0.25, 0.3) is 5.84 Å². The Morgan fingerprint density at radius 1 is 1.43 bits per heavy atom. The Balaban J connectivity index is 2.29. The molecule has 5 heteroatoms. The van der Waals surface area contributed by atoms with Crippen molar-refractivity contribution in [1.82, 2.24) is 5.43 Å². The fourth-order valence-electron chi connectivity index (χ4n) is 0.932. The summed E-state index contributed by atoms with van der Waals surface area (Å²) in [6.45, 7) is 0.727. The zero-order chi connectivity index (χ0) is 10.2. The molecule has 1 aromatic rings. The van der Waals surface area contributed by atoms with Crippen LogP contribution in [0.3, 0.4) is 0 Å². The van der Waals surface area contributed by atoms with E-state index in [2.05, 4.69) is 5.43 Å². The third kappa shape index (κ3) is 3.53. The molecule has 1 rings (SSSR count). The summed E-state index contributed by atoms with van der Waals surface area (Å²) in [6.07, 6.45) is 0. The van der Waals surface area contributed by atoms with Gasteiger partial charge in [-0.25, -0.2) is 4.79 Å². The molecule has 0 aromatic heterocycles. The first-order valence-corrected chi connectivity index (χ1v) is 4.29. The molecule has 0 aliphatic rings. The quantitative estimate of drug-likeness (QED) is 0.297. The standard InChI is InChI=1S/C9H13N3O2/c10-12-11-6-7-14-9(13)8-4-2-1-3-5-8/h1-5,10-11H,6-7,12H2. The maximum Gasteiger partial charge on any atom is 0.338 e. The number of nitrogens with two attached hydrogens (primary N) is 1. The van der Waals surface area contributed by atoms with Crippen LogP contribution in [0.5, 0.6) is 0 Å². The molecule has 14 heavy (non-hydrogen) atoms. The van der Waals surface area contributed by atoms with Crippen molar-refractivity contribution < 1.29 is 15.1 Å². The highest BCUT2D eigenvalue weighted by Gasteiger charge is 2.04. The lowest BCUT2D eigenvalue weighted by molar-refractivity contribution is -0.650. The van der Waals surface area contributed by atoms with Crippen LogP contribution in [0.1, 0.15) is 10.4 Å². The predicted octanol–water partition coefficient (Wildman–Crippen LogP) is -0.121. The van der Waals surface area contributed by atoms with Crippen molar-refractivity contribution in [2.24, 2.45) is 0 Å². The van der Waals surface area contributed by atoms with E-state index < -0.39 is 0 Å². The summed E-state index contributed by atoms with van der Waals surface area (Å²) in [5.74, 6) is 6.34. The normalized spacial score (nSPS) is 9.79. The third-order valence-corrected chi connectivity index (χ3v) is 1.59. The van der Waals surface area contributed by atoms with Gasteiger partial charge in [0.25, 0.3) is 0 Å². The van der Waals surface area contributed by atoms with E-state index in [0.29, 0.717) is 12.1 Å². The molecule has 0 saturated heterocycles. The molecular weight excluding hydrogens is 182 g/mol. The molecule has 0 amide bonds. The molecule has 0 spiro atoms. The first-order chi connectivity index (χ1) is 6.84. The SMILES string of the molecule is [NH-][NH2+]NCCOC(=O)c1ccccc1. The molecule has 0 saturated carbocycles. The highest BCUT2D eigenvalue weighted by Crippen LogP contribution is 2.00. The molecule has 0 atom stereocenters. The fraction of sp³-hybridized carbons (Fsp3) is 0.222. The number of rotatable bonds is 5. The summed E-state index contributed by atoms with van der Waals surface area (Å²) in [6, 6.07) is 8.81. The largest absolute Gasteiger partial charge is 0.461 e. The number of quaternary nitrogens is 1. The van der Waals surface area contributed by atoms with Gasteiger partial charge in [-0.05, 0) is 12.1 Å². The number of nitrogens with one attached hydrogen (secondary N) is 2. The Hall–Kier alpha value is -1.43. The number of carbonyl (C=O) groups is 1. The maximum atomic E-state index is 11.3. The van der Waals surface area contributed by atoms with Gasteiger partial charge in [-0.15, -0.1) is 0 Å². The monoisotopic (exact) mass is 195 g/mol. The maximum absolute atomic E-state index is 11.3. The van der Waals surface area contributed by atoms with Crippen LogP contribution in [0.15, 0.2) is 30.3 Å². The third-order valence-electron chi connectivity index (χ3n) is 1.59. The van der Waals surface area contributed by atoms with E-state index >= 15 is 0 Å². The Morgan fingerprint density at radius 2 is 2.14 bits per heavy atom. The fourth-order valence-corrected chi connectivity index (χ4v) is 0.932. The van der Waals surface area contributed by atoms with Gasteiger partial charge in [-0.3, -0.25) is 0 Å². The summed E-state index contributed by atoms with van der Waals surface area (Å²) in [5.41, 5.74) is 4.23. The molecule has 1 aromatic carbocycles. The van der Waals surface area contributed by atoms with E-state index in [1.54, 1.807) is 24.3 Å². The van der Waals surface area contributed by atoms with E-state index in [-0.39, 0.29) is 12.6 Å². The highest BCUT2D eigenvalue weighted by molar-refractivity contribution is 5.89. The molecule has 4 N–H and O–H groups in total. The molecule has 0 heterocycles. The number of ether oxygens (including phenoxy) is 1. The van der Waals surface area contributed by atoms with Gasteiger partial charge < -0.3 is 16.1 Å². The Bertz CT molecular complexity index is 277. The lowest BCUT2D eigenvalue weighted by atomic mass is 10.2. The molecule has 0 aliphatic carbocycles. The first-order valence-electron chi connectivity index (χ1n) is 4.29. The lowest BCUT2D eigenvalue weighted by Crippen LogP contribution is -2.86. The zero-order valence-corrected chi connectivity index (χ0v) is 7.69. The van der Waals surface area contributed by atoms with Crippen molar-refractivity contribution in [3.05, 3.63) is 41.7 Å².